The maximum absolute atomic E-state index is 12.5. The van der Waals surface area contributed by atoms with E-state index in [4.69, 9.17) is 9.47 Å². The van der Waals surface area contributed by atoms with Gasteiger partial charge in [0.2, 0.25) is 15.9 Å². The molecule has 0 bridgehead atoms. The average Bonchev–Trinajstić information content (AvgIpc) is 2.68. The summed E-state index contributed by atoms with van der Waals surface area (Å²) >= 11 is 0. The number of nitrogens with zero attached hydrogens (tertiary/aromatic N) is 1. The molecule has 1 N–H and O–H groups in total. The van der Waals surface area contributed by atoms with Crippen molar-refractivity contribution >= 4 is 15.9 Å². The van der Waals surface area contributed by atoms with Crippen molar-refractivity contribution in [2.75, 3.05) is 32.1 Å². The van der Waals surface area contributed by atoms with Crippen LogP contribution in [-0.2, 0) is 21.4 Å². The van der Waals surface area contributed by atoms with Crippen molar-refractivity contribution in [3.8, 4) is 11.5 Å². The molecule has 0 saturated carbocycles. The summed E-state index contributed by atoms with van der Waals surface area (Å²) in [5.41, 5.74) is 0.907. The minimum Gasteiger partial charge on any atom is -0.490 e. The Kier molecular flexibility index (Phi) is 7.91. The number of nitrogens with one attached hydrogen (secondary N) is 1. The molecule has 1 aliphatic rings. The van der Waals surface area contributed by atoms with E-state index >= 15 is 0 Å². The summed E-state index contributed by atoms with van der Waals surface area (Å²) < 4.78 is 36.7. The minimum atomic E-state index is -3.25. The van der Waals surface area contributed by atoms with E-state index in [0.717, 1.165) is 5.56 Å². The molecule has 2 rings (SSSR count). The van der Waals surface area contributed by atoms with Crippen LogP contribution < -0.4 is 14.8 Å². The number of piperidine rings is 1. The topological polar surface area (TPSA) is 84.9 Å². The molecule has 1 heterocycles. The van der Waals surface area contributed by atoms with E-state index < -0.39 is 10.0 Å². The van der Waals surface area contributed by atoms with Crippen LogP contribution in [0.5, 0.6) is 11.5 Å². The van der Waals surface area contributed by atoms with Gasteiger partial charge in [-0.05, 0) is 51.3 Å². The summed E-state index contributed by atoms with van der Waals surface area (Å²) in [5.74, 6) is 0.978. The van der Waals surface area contributed by atoms with Gasteiger partial charge in [-0.15, -0.1) is 0 Å². The van der Waals surface area contributed by atoms with Crippen LogP contribution in [0, 0.1) is 5.92 Å². The first-order valence-electron chi connectivity index (χ1n) is 9.55. The molecule has 1 aromatic carbocycles. The maximum Gasteiger partial charge on any atom is 0.224 e. The molecule has 1 amide bonds. The Bertz CT molecular complexity index is 736. The third-order valence-corrected chi connectivity index (χ3v) is 6.44. The van der Waals surface area contributed by atoms with E-state index in [1.807, 2.05) is 32.0 Å². The van der Waals surface area contributed by atoms with E-state index in [-0.39, 0.29) is 24.1 Å². The second kappa shape index (κ2) is 9.94. The Labute approximate surface area is 162 Å². The van der Waals surface area contributed by atoms with E-state index in [1.165, 1.54) is 4.31 Å². The molecular formula is C19H30N2O5S. The van der Waals surface area contributed by atoms with E-state index in [9.17, 15) is 13.2 Å². The van der Waals surface area contributed by atoms with Crippen LogP contribution >= 0.6 is 0 Å². The predicted molar refractivity (Wildman–Crippen MR) is 104 cm³/mol. The number of amides is 1. The van der Waals surface area contributed by atoms with E-state index in [1.54, 1.807) is 6.92 Å². The van der Waals surface area contributed by atoms with Crippen LogP contribution in [-0.4, -0.2) is 50.7 Å². The Morgan fingerprint density at radius 2 is 1.89 bits per heavy atom. The Balaban J connectivity index is 1.97. The van der Waals surface area contributed by atoms with Gasteiger partial charge < -0.3 is 14.8 Å². The lowest BCUT2D eigenvalue weighted by molar-refractivity contribution is -0.126. The van der Waals surface area contributed by atoms with Gasteiger partial charge in [0.15, 0.2) is 11.5 Å². The lowest BCUT2D eigenvalue weighted by Gasteiger charge is -2.30. The van der Waals surface area contributed by atoms with Crippen LogP contribution in [0.2, 0.25) is 0 Å². The molecule has 0 radical (unpaired) electrons. The highest BCUT2D eigenvalue weighted by atomic mass is 32.2. The van der Waals surface area contributed by atoms with E-state index in [2.05, 4.69) is 5.32 Å². The maximum atomic E-state index is 12.5. The van der Waals surface area contributed by atoms with Crippen LogP contribution in [0.4, 0.5) is 0 Å². The van der Waals surface area contributed by atoms with Gasteiger partial charge in [-0.1, -0.05) is 6.07 Å². The third-order valence-electron chi connectivity index (χ3n) is 4.59. The summed E-state index contributed by atoms with van der Waals surface area (Å²) in [4.78, 5) is 12.5. The van der Waals surface area contributed by atoms with Gasteiger partial charge in [-0.25, -0.2) is 12.7 Å². The first kappa shape index (κ1) is 21.5. The second-order valence-electron chi connectivity index (χ2n) is 6.46. The highest BCUT2D eigenvalue weighted by Gasteiger charge is 2.31. The van der Waals surface area contributed by atoms with Gasteiger partial charge in [0.1, 0.15) is 0 Å². The number of hydrogen-bond donors (Lipinski definition) is 1. The molecule has 1 saturated heterocycles. The zero-order valence-electron chi connectivity index (χ0n) is 16.4. The fraction of sp³-hybridized carbons (Fsp3) is 0.632. The van der Waals surface area contributed by atoms with Crippen molar-refractivity contribution in [1.29, 1.82) is 0 Å². The lowest BCUT2D eigenvalue weighted by atomic mass is 9.98. The summed E-state index contributed by atoms with van der Waals surface area (Å²) in [7, 11) is -3.25. The van der Waals surface area contributed by atoms with Gasteiger partial charge in [0.05, 0.1) is 24.9 Å². The molecule has 8 heteroatoms. The Morgan fingerprint density at radius 1 is 1.19 bits per heavy atom. The highest BCUT2D eigenvalue weighted by Crippen LogP contribution is 2.28. The monoisotopic (exact) mass is 398 g/mol. The van der Waals surface area contributed by atoms with Crippen LogP contribution in [0.1, 0.15) is 39.2 Å². The number of carbonyl (C=O) groups excluding carboxylic acids is 1. The number of carbonyl (C=O) groups is 1. The minimum absolute atomic E-state index is 0.0632. The van der Waals surface area contributed by atoms with Crippen molar-refractivity contribution in [1.82, 2.24) is 9.62 Å². The van der Waals surface area contributed by atoms with Crippen LogP contribution in [0.25, 0.3) is 0 Å². The molecule has 1 atom stereocenters. The normalized spacial score (nSPS) is 18.1. The quantitative estimate of drug-likeness (QED) is 0.689. The summed E-state index contributed by atoms with van der Waals surface area (Å²) in [5, 5.41) is 2.92. The largest absolute Gasteiger partial charge is 0.490 e. The summed E-state index contributed by atoms with van der Waals surface area (Å²) in [6.07, 6.45) is 1.41. The Morgan fingerprint density at radius 3 is 2.56 bits per heavy atom. The molecular weight excluding hydrogens is 368 g/mol. The standard InChI is InChI=1S/C19H30N2O5S/c1-4-25-17-10-9-15(12-18(17)26-5-2)13-20-19(22)16-8-7-11-21(14-16)27(23,24)6-3/h9-10,12,16H,4-8,11,13-14H2,1-3H3,(H,20,22). The fourth-order valence-corrected chi connectivity index (χ4v) is 4.31. The lowest BCUT2D eigenvalue weighted by Crippen LogP contribution is -2.45. The van der Waals surface area contributed by atoms with Gasteiger partial charge in [0, 0.05) is 19.6 Å². The zero-order valence-corrected chi connectivity index (χ0v) is 17.2. The predicted octanol–water partition coefficient (Wildman–Crippen LogP) is 2.16. The third kappa shape index (κ3) is 5.84. The number of benzene rings is 1. The summed E-state index contributed by atoms with van der Waals surface area (Å²) in [6.45, 7) is 7.64. The molecule has 152 valence electrons. The van der Waals surface area contributed by atoms with Gasteiger partial charge in [-0.2, -0.15) is 0 Å². The number of ether oxygens (including phenoxy) is 2. The SMILES string of the molecule is CCOc1ccc(CNC(=O)C2CCCN(S(=O)(=O)CC)C2)cc1OCC. The van der Waals surface area contributed by atoms with E-state index in [0.29, 0.717) is 50.6 Å². The molecule has 0 aliphatic carbocycles. The molecule has 1 aliphatic heterocycles. The van der Waals surface area contributed by atoms with Gasteiger partial charge in [0.25, 0.3) is 0 Å². The molecule has 1 aromatic rings. The average molecular weight is 399 g/mol. The fourth-order valence-electron chi connectivity index (χ4n) is 3.13. The van der Waals surface area contributed by atoms with Crippen molar-refractivity contribution in [2.45, 2.75) is 40.2 Å². The molecule has 0 spiro atoms. The van der Waals surface area contributed by atoms with Crippen molar-refractivity contribution in [3.63, 3.8) is 0 Å². The van der Waals surface area contributed by atoms with Crippen LogP contribution in [0.15, 0.2) is 18.2 Å². The zero-order chi connectivity index (χ0) is 19.9. The number of sulfonamides is 1. The number of hydrogen-bond acceptors (Lipinski definition) is 5. The molecule has 1 fully saturated rings. The molecule has 27 heavy (non-hydrogen) atoms. The first-order chi connectivity index (χ1) is 12.9. The van der Waals surface area contributed by atoms with Crippen molar-refractivity contribution in [3.05, 3.63) is 23.8 Å². The smallest absolute Gasteiger partial charge is 0.224 e. The number of rotatable bonds is 9. The van der Waals surface area contributed by atoms with Gasteiger partial charge in [-0.3, -0.25) is 4.79 Å². The summed E-state index contributed by atoms with van der Waals surface area (Å²) in [6, 6.07) is 5.60. The second-order valence-corrected chi connectivity index (χ2v) is 8.72. The van der Waals surface area contributed by atoms with Crippen molar-refractivity contribution < 1.29 is 22.7 Å². The first-order valence-corrected chi connectivity index (χ1v) is 11.2. The highest BCUT2D eigenvalue weighted by molar-refractivity contribution is 7.89. The molecule has 7 nitrogen and oxygen atoms in total. The van der Waals surface area contributed by atoms with Crippen molar-refractivity contribution in [2.24, 2.45) is 5.92 Å². The van der Waals surface area contributed by atoms with Gasteiger partial charge >= 0.3 is 0 Å². The molecule has 0 aromatic heterocycles. The molecule has 1 unspecified atom stereocenters. The Hall–Kier alpha value is -1.80. The van der Waals surface area contributed by atoms with Crippen LogP contribution in [0.3, 0.4) is 0 Å².